The first-order chi connectivity index (χ1) is 16.5. The third-order valence-electron chi connectivity index (χ3n) is 6.82. The van der Waals surface area contributed by atoms with Gasteiger partial charge in [-0.2, -0.15) is 0 Å². The molecule has 1 aromatic heterocycles. The molecule has 3 aromatic rings. The lowest BCUT2D eigenvalue weighted by atomic mass is 9.74. The zero-order chi connectivity index (χ0) is 23.3. The molecule has 2 aliphatic heterocycles. The zero-order valence-electron chi connectivity index (χ0n) is 18.5. The molecule has 176 valence electrons. The van der Waals surface area contributed by atoms with E-state index >= 15 is 0 Å². The van der Waals surface area contributed by atoms with Gasteiger partial charge in [0.05, 0.1) is 16.2 Å². The molecule has 34 heavy (non-hydrogen) atoms. The van der Waals surface area contributed by atoms with E-state index in [4.69, 9.17) is 25.5 Å². The second kappa shape index (κ2) is 8.13. The topological polar surface area (TPSA) is 102 Å². The summed E-state index contributed by atoms with van der Waals surface area (Å²) < 4.78 is 17.3. The number of fused-ring (bicyclic) bond motifs is 5. The summed E-state index contributed by atoms with van der Waals surface area (Å²) in [5.74, 6) is 1.24. The van der Waals surface area contributed by atoms with Crippen LogP contribution in [-0.2, 0) is 12.1 Å². The maximum Gasteiger partial charge on any atom is 0.319 e. The molecule has 8 nitrogen and oxygen atoms in total. The van der Waals surface area contributed by atoms with Crippen molar-refractivity contribution in [3.05, 3.63) is 52.2 Å². The molecular weight excluding hydrogens is 458 g/mol. The van der Waals surface area contributed by atoms with Gasteiger partial charge in [0.1, 0.15) is 18.8 Å². The molecule has 0 unspecified atom stereocenters. The summed E-state index contributed by atoms with van der Waals surface area (Å²) in [6, 6.07) is 8.77. The number of benzene rings is 2. The molecular formula is C25H24ClN3O5. The SMILES string of the molecule is O=C1Nc2c(Cl)cc3cc(C(=O)NCc4ccc5c(c4)OCCO5)oc3c2C2(CCCCC2)N1. The minimum atomic E-state index is -0.546. The number of anilines is 1. The fraction of sp³-hybridized carbons (Fsp3) is 0.360. The normalized spacial score (nSPS) is 18.2. The van der Waals surface area contributed by atoms with Gasteiger partial charge >= 0.3 is 6.03 Å². The lowest BCUT2D eigenvalue weighted by Gasteiger charge is -2.42. The van der Waals surface area contributed by atoms with E-state index in [0.717, 1.165) is 48.6 Å². The van der Waals surface area contributed by atoms with Gasteiger partial charge in [-0.15, -0.1) is 0 Å². The average Bonchev–Trinajstić information content (AvgIpc) is 3.26. The van der Waals surface area contributed by atoms with Crippen molar-refractivity contribution in [3.63, 3.8) is 0 Å². The molecule has 3 amide bonds. The van der Waals surface area contributed by atoms with E-state index in [9.17, 15) is 9.59 Å². The molecule has 3 heterocycles. The van der Waals surface area contributed by atoms with Gasteiger partial charge in [-0.1, -0.05) is 36.9 Å². The molecule has 2 aromatic carbocycles. The van der Waals surface area contributed by atoms with Crippen LogP contribution in [-0.4, -0.2) is 25.2 Å². The Morgan fingerprint density at radius 3 is 2.68 bits per heavy atom. The lowest BCUT2D eigenvalue weighted by molar-refractivity contribution is 0.0924. The zero-order valence-corrected chi connectivity index (χ0v) is 19.2. The van der Waals surface area contributed by atoms with Crippen LogP contribution < -0.4 is 25.4 Å². The molecule has 6 rings (SSSR count). The molecule has 1 fully saturated rings. The van der Waals surface area contributed by atoms with Crippen LogP contribution >= 0.6 is 11.6 Å². The minimum Gasteiger partial charge on any atom is -0.486 e. The van der Waals surface area contributed by atoms with Crippen LogP contribution in [0.1, 0.15) is 53.8 Å². The smallest absolute Gasteiger partial charge is 0.319 e. The van der Waals surface area contributed by atoms with Crippen molar-refractivity contribution in [1.29, 1.82) is 0 Å². The fourth-order valence-corrected chi connectivity index (χ4v) is 5.52. The highest BCUT2D eigenvalue weighted by Gasteiger charge is 2.43. The van der Waals surface area contributed by atoms with Gasteiger partial charge in [-0.25, -0.2) is 4.79 Å². The minimum absolute atomic E-state index is 0.194. The lowest BCUT2D eigenvalue weighted by Crippen LogP contribution is -2.52. The highest BCUT2D eigenvalue weighted by Crippen LogP contribution is 2.49. The molecule has 3 N–H and O–H groups in total. The first-order valence-electron chi connectivity index (χ1n) is 11.5. The largest absolute Gasteiger partial charge is 0.486 e. The summed E-state index contributed by atoms with van der Waals surface area (Å²) in [4.78, 5) is 25.4. The van der Waals surface area contributed by atoms with Crippen LogP contribution in [0.25, 0.3) is 11.0 Å². The Hall–Kier alpha value is -3.39. The van der Waals surface area contributed by atoms with Crippen LogP contribution in [0.4, 0.5) is 10.5 Å². The molecule has 0 bridgehead atoms. The van der Waals surface area contributed by atoms with Crippen molar-refractivity contribution in [2.24, 2.45) is 0 Å². The first kappa shape index (κ1) is 21.2. The summed E-state index contributed by atoms with van der Waals surface area (Å²) in [5.41, 5.74) is 2.33. The monoisotopic (exact) mass is 481 g/mol. The number of furan rings is 1. The van der Waals surface area contributed by atoms with E-state index in [1.54, 1.807) is 12.1 Å². The summed E-state index contributed by atoms with van der Waals surface area (Å²) >= 11 is 6.57. The number of carbonyl (C=O) groups is 2. The van der Waals surface area contributed by atoms with Crippen molar-refractivity contribution in [1.82, 2.24) is 10.6 Å². The van der Waals surface area contributed by atoms with E-state index in [2.05, 4.69) is 16.0 Å². The predicted octanol–water partition coefficient (Wildman–Crippen LogP) is 5.08. The molecule has 1 aliphatic carbocycles. The van der Waals surface area contributed by atoms with Gasteiger partial charge in [0.25, 0.3) is 5.91 Å². The van der Waals surface area contributed by atoms with Gasteiger partial charge in [-0.05, 0) is 42.7 Å². The number of ether oxygens (including phenoxy) is 2. The number of amides is 3. The summed E-state index contributed by atoms with van der Waals surface area (Å²) in [5, 5.41) is 10.0. The number of urea groups is 1. The Bertz CT molecular complexity index is 1310. The number of halogens is 1. The third kappa shape index (κ3) is 3.53. The number of rotatable bonds is 3. The van der Waals surface area contributed by atoms with E-state index in [-0.39, 0.29) is 17.7 Å². The molecule has 0 radical (unpaired) electrons. The number of hydrogen-bond donors (Lipinski definition) is 3. The van der Waals surface area contributed by atoms with E-state index in [1.807, 2.05) is 18.2 Å². The van der Waals surface area contributed by atoms with Crippen molar-refractivity contribution >= 4 is 40.2 Å². The standard InChI is InChI=1S/C25H24ClN3O5/c26-16-11-15-12-19(23(30)27-13-14-4-5-17-18(10-14)33-9-8-32-17)34-22(15)20-21(16)28-24(31)29-25(20)6-2-1-3-7-25/h4-5,10-12H,1-3,6-9,13H2,(H,27,30)(H2,28,29,31). The molecule has 0 atom stereocenters. The van der Waals surface area contributed by atoms with Crippen LogP contribution in [0.5, 0.6) is 11.5 Å². The first-order valence-corrected chi connectivity index (χ1v) is 11.9. The Balaban J connectivity index is 1.31. The van der Waals surface area contributed by atoms with Gasteiger partial charge in [0.15, 0.2) is 17.3 Å². The Labute approximate surface area is 200 Å². The van der Waals surface area contributed by atoms with Crippen LogP contribution in [0.2, 0.25) is 5.02 Å². The second-order valence-electron chi connectivity index (χ2n) is 9.02. The van der Waals surface area contributed by atoms with Gasteiger partial charge < -0.3 is 29.8 Å². The third-order valence-corrected chi connectivity index (χ3v) is 7.12. The van der Waals surface area contributed by atoms with Crippen molar-refractivity contribution in [2.45, 2.75) is 44.2 Å². The van der Waals surface area contributed by atoms with Crippen molar-refractivity contribution in [3.8, 4) is 11.5 Å². The maximum absolute atomic E-state index is 13.0. The molecule has 1 spiro atoms. The predicted molar refractivity (Wildman–Crippen MR) is 127 cm³/mol. The number of hydrogen-bond acceptors (Lipinski definition) is 5. The summed E-state index contributed by atoms with van der Waals surface area (Å²) in [6.07, 6.45) is 4.72. The van der Waals surface area contributed by atoms with Crippen molar-refractivity contribution < 1.29 is 23.5 Å². The summed E-state index contributed by atoms with van der Waals surface area (Å²) in [6.45, 7) is 1.35. The molecule has 9 heteroatoms. The second-order valence-corrected chi connectivity index (χ2v) is 9.43. The molecule has 0 saturated heterocycles. The number of carbonyl (C=O) groups excluding carboxylic acids is 2. The van der Waals surface area contributed by atoms with Gasteiger partial charge in [0.2, 0.25) is 0 Å². The Kier molecular flexibility index (Phi) is 5.06. The quantitative estimate of drug-likeness (QED) is 0.484. The van der Waals surface area contributed by atoms with Gasteiger partial charge in [0, 0.05) is 17.5 Å². The van der Waals surface area contributed by atoms with Gasteiger partial charge in [-0.3, -0.25) is 4.79 Å². The molecule has 3 aliphatic rings. The van der Waals surface area contributed by atoms with E-state index in [1.165, 1.54) is 0 Å². The highest BCUT2D eigenvalue weighted by molar-refractivity contribution is 6.35. The van der Waals surface area contributed by atoms with E-state index < -0.39 is 5.54 Å². The van der Waals surface area contributed by atoms with Crippen LogP contribution in [0.3, 0.4) is 0 Å². The number of nitrogens with one attached hydrogen (secondary N) is 3. The maximum atomic E-state index is 13.0. The average molecular weight is 482 g/mol. The fourth-order valence-electron chi connectivity index (χ4n) is 5.26. The Morgan fingerprint density at radius 2 is 1.85 bits per heavy atom. The van der Waals surface area contributed by atoms with Crippen LogP contribution in [0, 0.1) is 0 Å². The highest BCUT2D eigenvalue weighted by atomic mass is 35.5. The summed E-state index contributed by atoms with van der Waals surface area (Å²) in [7, 11) is 0. The Morgan fingerprint density at radius 1 is 1.06 bits per heavy atom. The van der Waals surface area contributed by atoms with Crippen molar-refractivity contribution in [2.75, 3.05) is 18.5 Å². The molecule has 1 saturated carbocycles. The van der Waals surface area contributed by atoms with Crippen LogP contribution in [0.15, 0.2) is 34.7 Å². The van der Waals surface area contributed by atoms with E-state index in [0.29, 0.717) is 47.6 Å².